The lowest BCUT2D eigenvalue weighted by molar-refractivity contribution is 0.212. The molecule has 2 aromatic rings. The van der Waals surface area contributed by atoms with Gasteiger partial charge in [-0.3, -0.25) is 4.98 Å². The van der Waals surface area contributed by atoms with E-state index in [4.69, 9.17) is 4.74 Å². The van der Waals surface area contributed by atoms with Crippen molar-refractivity contribution in [1.29, 1.82) is 0 Å². The first-order chi connectivity index (χ1) is 7.75. The van der Waals surface area contributed by atoms with E-state index < -0.39 is 0 Å². The molecule has 0 saturated carbocycles. The van der Waals surface area contributed by atoms with Gasteiger partial charge in [-0.25, -0.2) is 4.98 Å². The Morgan fingerprint density at radius 3 is 2.75 bits per heavy atom. The van der Waals surface area contributed by atoms with Crippen molar-refractivity contribution >= 4 is 15.9 Å². The van der Waals surface area contributed by atoms with Gasteiger partial charge in [-0.05, 0) is 25.1 Å². The van der Waals surface area contributed by atoms with E-state index in [2.05, 4.69) is 25.9 Å². The van der Waals surface area contributed by atoms with Crippen LogP contribution in [0.2, 0.25) is 0 Å². The molecule has 0 N–H and O–H groups in total. The molecule has 2 aromatic heterocycles. The van der Waals surface area contributed by atoms with Crippen molar-refractivity contribution in [1.82, 2.24) is 9.97 Å². The highest BCUT2D eigenvalue weighted by molar-refractivity contribution is 9.10. The van der Waals surface area contributed by atoms with Crippen molar-refractivity contribution < 1.29 is 4.74 Å². The maximum Gasteiger partial charge on any atom is 0.214 e. The monoisotopic (exact) mass is 278 g/mol. The molecule has 1 atom stereocenters. The van der Waals surface area contributed by atoms with E-state index in [9.17, 15) is 0 Å². The molecule has 0 amide bonds. The number of hydrogen-bond acceptors (Lipinski definition) is 3. The first-order valence-corrected chi connectivity index (χ1v) is 5.74. The van der Waals surface area contributed by atoms with Crippen LogP contribution in [0.25, 0.3) is 0 Å². The molecular weight excluding hydrogens is 268 g/mol. The van der Waals surface area contributed by atoms with Gasteiger partial charge >= 0.3 is 0 Å². The van der Waals surface area contributed by atoms with Crippen LogP contribution >= 0.6 is 15.9 Å². The van der Waals surface area contributed by atoms with Crippen molar-refractivity contribution in [3.05, 3.63) is 52.9 Å². The SMILES string of the molecule is C[C@@H](Oc1cc(Br)ccn1)c1ccccn1. The highest BCUT2D eigenvalue weighted by atomic mass is 79.9. The summed E-state index contributed by atoms with van der Waals surface area (Å²) in [5, 5.41) is 0. The number of rotatable bonds is 3. The van der Waals surface area contributed by atoms with Crippen molar-refractivity contribution in [2.24, 2.45) is 0 Å². The second-order valence-corrected chi connectivity index (χ2v) is 4.24. The Morgan fingerprint density at radius 1 is 1.19 bits per heavy atom. The molecule has 3 nitrogen and oxygen atoms in total. The molecule has 82 valence electrons. The zero-order chi connectivity index (χ0) is 11.4. The minimum atomic E-state index is -0.108. The van der Waals surface area contributed by atoms with Gasteiger partial charge in [-0.1, -0.05) is 22.0 Å². The molecule has 0 aliphatic rings. The fourth-order valence-corrected chi connectivity index (χ4v) is 1.62. The van der Waals surface area contributed by atoms with Gasteiger partial charge in [0.2, 0.25) is 5.88 Å². The fraction of sp³-hybridized carbons (Fsp3) is 0.167. The Morgan fingerprint density at radius 2 is 2.06 bits per heavy atom. The molecule has 0 radical (unpaired) electrons. The molecule has 0 spiro atoms. The molecule has 2 rings (SSSR count). The molecule has 0 bridgehead atoms. The van der Waals surface area contributed by atoms with Gasteiger partial charge in [0.15, 0.2) is 0 Å². The van der Waals surface area contributed by atoms with Crippen LogP contribution in [0.3, 0.4) is 0 Å². The minimum Gasteiger partial charge on any atom is -0.468 e. The summed E-state index contributed by atoms with van der Waals surface area (Å²) >= 11 is 3.37. The summed E-state index contributed by atoms with van der Waals surface area (Å²) in [5.74, 6) is 0.590. The molecule has 0 fully saturated rings. The predicted molar refractivity (Wildman–Crippen MR) is 65.2 cm³/mol. The maximum absolute atomic E-state index is 5.68. The molecule has 0 aromatic carbocycles. The van der Waals surface area contributed by atoms with Crippen LogP contribution in [-0.4, -0.2) is 9.97 Å². The number of ether oxygens (including phenoxy) is 1. The first-order valence-electron chi connectivity index (χ1n) is 4.95. The van der Waals surface area contributed by atoms with Gasteiger partial charge in [-0.15, -0.1) is 0 Å². The smallest absolute Gasteiger partial charge is 0.214 e. The van der Waals surface area contributed by atoms with E-state index in [1.54, 1.807) is 12.4 Å². The average Bonchev–Trinajstić information content (AvgIpc) is 2.30. The van der Waals surface area contributed by atoms with Crippen molar-refractivity contribution in [2.75, 3.05) is 0 Å². The Kier molecular flexibility index (Phi) is 3.51. The van der Waals surface area contributed by atoms with Crippen LogP contribution in [0.1, 0.15) is 18.7 Å². The highest BCUT2D eigenvalue weighted by Crippen LogP contribution is 2.20. The standard InChI is InChI=1S/C12H11BrN2O/c1-9(11-4-2-3-6-14-11)16-12-8-10(13)5-7-15-12/h2-9H,1H3/t9-/m1/s1. The van der Waals surface area contributed by atoms with Crippen molar-refractivity contribution in [2.45, 2.75) is 13.0 Å². The summed E-state index contributed by atoms with van der Waals surface area (Å²) in [7, 11) is 0. The van der Waals surface area contributed by atoms with E-state index in [1.165, 1.54) is 0 Å². The third-order valence-electron chi connectivity index (χ3n) is 2.10. The van der Waals surface area contributed by atoms with E-state index in [0.29, 0.717) is 5.88 Å². The second-order valence-electron chi connectivity index (χ2n) is 3.33. The molecule has 0 aliphatic carbocycles. The van der Waals surface area contributed by atoms with Gasteiger partial charge in [0.1, 0.15) is 6.10 Å². The lowest BCUT2D eigenvalue weighted by Gasteiger charge is -2.12. The topological polar surface area (TPSA) is 35.0 Å². The summed E-state index contributed by atoms with van der Waals surface area (Å²) in [4.78, 5) is 8.36. The zero-order valence-electron chi connectivity index (χ0n) is 8.80. The van der Waals surface area contributed by atoms with Crippen molar-refractivity contribution in [3.8, 4) is 5.88 Å². The Hall–Kier alpha value is -1.42. The molecular formula is C12H11BrN2O. The average molecular weight is 279 g/mol. The molecule has 0 saturated heterocycles. The summed E-state index contributed by atoms with van der Waals surface area (Å²) in [6.45, 7) is 1.95. The van der Waals surface area contributed by atoms with E-state index >= 15 is 0 Å². The first kappa shape index (κ1) is 11.1. The lowest BCUT2D eigenvalue weighted by Crippen LogP contribution is -2.05. The lowest BCUT2D eigenvalue weighted by atomic mass is 10.2. The summed E-state index contributed by atoms with van der Waals surface area (Å²) in [5.41, 5.74) is 0.893. The quantitative estimate of drug-likeness (QED) is 0.864. The number of halogens is 1. The maximum atomic E-state index is 5.68. The van der Waals surface area contributed by atoms with Crippen LogP contribution < -0.4 is 4.74 Å². The third kappa shape index (κ3) is 2.79. The Balaban J connectivity index is 2.11. The summed E-state index contributed by atoms with van der Waals surface area (Å²) < 4.78 is 6.63. The Bertz CT molecular complexity index is 462. The van der Waals surface area contributed by atoms with Crippen LogP contribution in [0.15, 0.2) is 47.2 Å². The largest absolute Gasteiger partial charge is 0.468 e. The van der Waals surface area contributed by atoms with Crippen LogP contribution in [-0.2, 0) is 0 Å². The number of hydrogen-bond donors (Lipinski definition) is 0. The number of pyridine rings is 2. The van der Waals surface area contributed by atoms with E-state index in [0.717, 1.165) is 10.2 Å². The third-order valence-corrected chi connectivity index (χ3v) is 2.59. The minimum absolute atomic E-state index is 0.108. The summed E-state index contributed by atoms with van der Waals surface area (Å²) in [6.07, 6.45) is 3.34. The second kappa shape index (κ2) is 5.07. The molecule has 16 heavy (non-hydrogen) atoms. The number of nitrogens with zero attached hydrogens (tertiary/aromatic N) is 2. The van der Waals surface area contributed by atoms with Crippen molar-refractivity contribution in [3.63, 3.8) is 0 Å². The molecule has 4 heteroatoms. The molecule has 2 heterocycles. The van der Waals surface area contributed by atoms with Gasteiger partial charge in [0.25, 0.3) is 0 Å². The number of aromatic nitrogens is 2. The molecule has 0 unspecified atom stereocenters. The van der Waals surface area contributed by atoms with Gasteiger partial charge < -0.3 is 4.74 Å². The van der Waals surface area contributed by atoms with Crippen LogP contribution in [0, 0.1) is 0 Å². The highest BCUT2D eigenvalue weighted by Gasteiger charge is 2.08. The Labute approximate surface area is 103 Å². The molecule has 0 aliphatic heterocycles. The van der Waals surface area contributed by atoms with Crippen LogP contribution in [0.4, 0.5) is 0 Å². The van der Waals surface area contributed by atoms with Gasteiger partial charge in [0, 0.05) is 22.9 Å². The van der Waals surface area contributed by atoms with Crippen LogP contribution in [0.5, 0.6) is 5.88 Å². The van der Waals surface area contributed by atoms with E-state index in [-0.39, 0.29) is 6.10 Å². The van der Waals surface area contributed by atoms with Gasteiger partial charge in [-0.2, -0.15) is 0 Å². The normalized spacial score (nSPS) is 12.1. The fourth-order valence-electron chi connectivity index (χ4n) is 1.31. The van der Waals surface area contributed by atoms with E-state index in [1.807, 2.05) is 37.3 Å². The zero-order valence-corrected chi connectivity index (χ0v) is 10.4. The predicted octanol–water partition coefficient (Wildman–Crippen LogP) is 3.38. The van der Waals surface area contributed by atoms with Gasteiger partial charge in [0.05, 0.1) is 5.69 Å². The summed E-state index contributed by atoms with van der Waals surface area (Å²) in [6, 6.07) is 9.45.